The Bertz CT molecular complexity index is 459. The lowest BCUT2D eigenvalue weighted by Gasteiger charge is -2.30. The van der Waals surface area contributed by atoms with E-state index in [1.165, 1.54) is 0 Å². The van der Waals surface area contributed by atoms with Crippen LogP contribution in [0.3, 0.4) is 0 Å². The molecule has 0 aromatic heterocycles. The Hall–Kier alpha value is -1.42. The molecule has 1 unspecified atom stereocenters. The van der Waals surface area contributed by atoms with Crippen LogP contribution in [0.25, 0.3) is 0 Å². The largest absolute Gasteiger partial charge is 0.392 e. The molecule has 0 fully saturated rings. The lowest BCUT2D eigenvalue weighted by molar-refractivity contribution is -0.133. The molecule has 0 bridgehead atoms. The maximum Gasteiger partial charge on any atom is 0.237 e. The first kappa shape index (κ1) is 17.6. The number of unbranched alkanes of at least 4 members (excludes halogenated alkanes) is 2. The van der Waals surface area contributed by atoms with Crippen LogP contribution in [0.5, 0.6) is 0 Å². The van der Waals surface area contributed by atoms with Gasteiger partial charge in [0, 0.05) is 12.6 Å². The number of hydrogen-bond acceptors (Lipinski definition) is 2. The fourth-order valence-electron chi connectivity index (χ4n) is 2.39. The number of nitrogens with two attached hydrogens (primary N) is 1. The van der Waals surface area contributed by atoms with E-state index in [-0.39, 0.29) is 16.9 Å². The van der Waals surface area contributed by atoms with Gasteiger partial charge in [-0.3, -0.25) is 4.79 Å². The molecule has 0 heterocycles. The first-order chi connectivity index (χ1) is 9.99. The van der Waals surface area contributed by atoms with Crippen LogP contribution in [0, 0.1) is 0 Å². The van der Waals surface area contributed by atoms with Crippen molar-refractivity contribution in [2.75, 3.05) is 6.54 Å². The van der Waals surface area contributed by atoms with Gasteiger partial charge < -0.3 is 10.6 Å². The van der Waals surface area contributed by atoms with Crippen LogP contribution in [0.15, 0.2) is 30.3 Å². The predicted octanol–water partition coefficient (Wildman–Crippen LogP) is 3.48. The van der Waals surface area contributed by atoms with E-state index in [1.54, 1.807) is 0 Å². The number of nitrogens with zero attached hydrogens (tertiary/aromatic N) is 1. The molecule has 1 aromatic carbocycles. The summed E-state index contributed by atoms with van der Waals surface area (Å²) in [6, 6.07) is 9.70. The van der Waals surface area contributed by atoms with Gasteiger partial charge in [-0.15, -0.1) is 0 Å². The zero-order valence-electron chi connectivity index (χ0n) is 13.2. The van der Waals surface area contributed by atoms with Gasteiger partial charge in [-0.25, -0.2) is 0 Å². The van der Waals surface area contributed by atoms with Gasteiger partial charge in [0.15, 0.2) is 0 Å². The first-order valence-electron chi connectivity index (χ1n) is 7.63. The van der Waals surface area contributed by atoms with Crippen molar-refractivity contribution in [1.82, 2.24) is 4.90 Å². The zero-order valence-corrected chi connectivity index (χ0v) is 14.0. The van der Waals surface area contributed by atoms with Crippen molar-refractivity contribution in [2.45, 2.75) is 52.0 Å². The predicted molar refractivity (Wildman–Crippen MR) is 92.3 cm³/mol. The summed E-state index contributed by atoms with van der Waals surface area (Å²) in [5, 5.41) is 0. The van der Waals surface area contributed by atoms with Crippen molar-refractivity contribution in [3.63, 3.8) is 0 Å². The number of rotatable bonds is 8. The lowest BCUT2D eigenvalue weighted by Crippen LogP contribution is -2.44. The number of benzene rings is 1. The molecule has 0 radical (unpaired) electrons. The molecule has 4 heteroatoms. The highest BCUT2D eigenvalue weighted by Crippen LogP contribution is 2.21. The van der Waals surface area contributed by atoms with Crippen LogP contribution in [0.1, 0.15) is 51.5 Å². The SMILES string of the molecule is CCCCCN(C(=O)C(C(N)=S)c1ccccc1)C(C)C. The van der Waals surface area contributed by atoms with Crippen molar-refractivity contribution >= 4 is 23.1 Å². The van der Waals surface area contributed by atoms with Crippen molar-refractivity contribution in [2.24, 2.45) is 5.73 Å². The monoisotopic (exact) mass is 306 g/mol. The highest BCUT2D eigenvalue weighted by molar-refractivity contribution is 7.80. The molecule has 0 saturated carbocycles. The summed E-state index contributed by atoms with van der Waals surface area (Å²) in [4.78, 5) is 15.0. The third-order valence-electron chi connectivity index (χ3n) is 3.57. The van der Waals surface area contributed by atoms with Crippen LogP contribution < -0.4 is 5.73 Å². The fraction of sp³-hybridized carbons (Fsp3) is 0.529. The molecule has 3 nitrogen and oxygen atoms in total. The topological polar surface area (TPSA) is 46.3 Å². The number of thiocarbonyl (C=S) groups is 1. The molecule has 1 rings (SSSR count). The molecule has 0 saturated heterocycles. The summed E-state index contributed by atoms with van der Waals surface area (Å²) in [5.41, 5.74) is 6.72. The molecule has 0 aliphatic carbocycles. The Morgan fingerprint density at radius 3 is 2.33 bits per heavy atom. The normalized spacial score (nSPS) is 12.2. The van der Waals surface area contributed by atoms with Gasteiger partial charge in [0.1, 0.15) is 5.92 Å². The molecule has 1 atom stereocenters. The van der Waals surface area contributed by atoms with Gasteiger partial charge in [-0.05, 0) is 25.8 Å². The number of hydrogen-bond donors (Lipinski definition) is 1. The van der Waals surface area contributed by atoms with Crippen LogP contribution in [-0.4, -0.2) is 28.4 Å². The van der Waals surface area contributed by atoms with E-state index in [2.05, 4.69) is 6.92 Å². The average Bonchev–Trinajstić information content (AvgIpc) is 2.44. The smallest absolute Gasteiger partial charge is 0.237 e. The first-order valence-corrected chi connectivity index (χ1v) is 8.04. The van der Waals surface area contributed by atoms with Crippen LogP contribution in [-0.2, 0) is 4.79 Å². The summed E-state index contributed by atoms with van der Waals surface area (Å²) in [5.74, 6) is -0.509. The summed E-state index contributed by atoms with van der Waals surface area (Å²) >= 11 is 5.15. The van der Waals surface area contributed by atoms with Crippen molar-refractivity contribution < 1.29 is 4.79 Å². The van der Waals surface area contributed by atoms with Gasteiger partial charge in [-0.1, -0.05) is 62.3 Å². The molecular formula is C17H26N2OS. The highest BCUT2D eigenvalue weighted by atomic mass is 32.1. The Morgan fingerprint density at radius 2 is 1.86 bits per heavy atom. The second kappa shape index (κ2) is 8.78. The maximum atomic E-state index is 12.9. The second-order valence-corrected chi connectivity index (χ2v) is 6.05. The Labute approximate surface area is 133 Å². The molecule has 1 amide bonds. The quantitative estimate of drug-likeness (QED) is 0.591. The van der Waals surface area contributed by atoms with E-state index in [9.17, 15) is 4.79 Å². The zero-order chi connectivity index (χ0) is 15.8. The van der Waals surface area contributed by atoms with Crippen molar-refractivity contribution in [3.8, 4) is 0 Å². The standard InChI is InChI=1S/C17H26N2OS/c1-4-5-9-12-19(13(2)3)17(20)15(16(18)21)14-10-7-6-8-11-14/h6-8,10-11,13,15H,4-5,9,12H2,1-3H3,(H2,18,21). The molecule has 0 aliphatic rings. The lowest BCUT2D eigenvalue weighted by atomic mass is 9.96. The minimum absolute atomic E-state index is 0.0137. The van der Waals surface area contributed by atoms with E-state index in [4.69, 9.17) is 18.0 Å². The summed E-state index contributed by atoms with van der Waals surface area (Å²) in [7, 11) is 0. The fourth-order valence-corrected chi connectivity index (χ4v) is 2.63. The van der Waals surface area contributed by atoms with Crippen LogP contribution in [0.2, 0.25) is 0 Å². The van der Waals surface area contributed by atoms with Crippen molar-refractivity contribution in [1.29, 1.82) is 0 Å². The average molecular weight is 306 g/mol. The van der Waals surface area contributed by atoms with Crippen LogP contribution in [0.4, 0.5) is 0 Å². The van der Waals surface area contributed by atoms with Gasteiger partial charge in [0.25, 0.3) is 0 Å². The Balaban J connectivity index is 2.94. The van der Waals surface area contributed by atoms with E-state index in [0.29, 0.717) is 0 Å². The summed E-state index contributed by atoms with van der Waals surface area (Å²) in [6.07, 6.45) is 3.27. The molecule has 1 aromatic rings. The molecule has 0 spiro atoms. The van der Waals surface area contributed by atoms with Gasteiger partial charge in [0.2, 0.25) is 5.91 Å². The number of carbonyl (C=O) groups is 1. The van der Waals surface area contributed by atoms with E-state index >= 15 is 0 Å². The van der Waals surface area contributed by atoms with Crippen LogP contribution >= 0.6 is 12.2 Å². The molecule has 2 N–H and O–H groups in total. The van der Waals surface area contributed by atoms with Crippen molar-refractivity contribution in [3.05, 3.63) is 35.9 Å². The molecule has 116 valence electrons. The van der Waals surface area contributed by atoms with Gasteiger partial charge in [0.05, 0.1) is 4.99 Å². The number of carbonyl (C=O) groups excluding carboxylic acids is 1. The molecule has 21 heavy (non-hydrogen) atoms. The third kappa shape index (κ3) is 5.12. The van der Waals surface area contributed by atoms with E-state index in [1.807, 2.05) is 49.1 Å². The Kier molecular flexibility index (Phi) is 7.37. The van der Waals surface area contributed by atoms with Gasteiger partial charge >= 0.3 is 0 Å². The van der Waals surface area contributed by atoms with E-state index < -0.39 is 5.92 Å². The minimum atomic E-state index is -0.523. The molecular weight excluding hydrogens is 280 g/mol. The van der Waals surface area contributed by atoms with Gasteiger partial charge in [-0.2, -0.15) is 0 Å². The third-order valence-corrected chi connectivity index (χ3v) is 3.81. The maximum absolute atomic E-state index is 12.9. The summed E-state index contributed by atoms with van der Waals surface area (Å²) < 4.78 is 0. The minimum Gasteiger partial charge on any atom is -0.392 e. The molecule has 0 aliphatic heterocycles. The summed E-state index contributed by atoms with van der Waals surface area (Å²) in [6.45, 7) is 6.98. The number of amides is 1. The Morgan fingerprint density at radius 1 is 1.24 bits per heavy atom. The van der Waals surface area contributed by atoms with E-state index in [0.717, 1.165) is 31.4 Å². The second-order valence-electron chi connectivity index (χ2n) is 5.58. The highest BCUT2D eigenvalue weighted by Gasteiger charge is 2.29.